The second-order valence-corrected chi connectivity index (χ2v) is 3.29. The van der Waals surface area contributed by atoms with Crippen LogP contribution in [0.5, 0.6) is 0 Å². The van der Waals surface area contributed by atoms with Gasteiger partial charge in [0, 0.05) is 23.9 Å². The van der Waals surface area contributed by atoms with Gasteiger partial charge in [-0.25, -0.2) is 0 Å². The number of hydrogen-bond donors (Lipinski definition) is 0. The molecule has 0 amide bonds. The van der Waals surface area contributed by atoms with Gasteiger partial charge in [-0.3, -0.25) is 9.78 Å². The van der Waals surface area contributed by atoms with Crippen molar-refractivity contribution in [2.24, 2.45) is 0 Å². The maximum atomic E-state index is 11.6. The van der Waals surface area contributed by atoms with E-state index in [1.165, 1.54) is 0 Å². The predicted octanol–water partition coefficient (Wildman–Crippen LogP) is 2.93. The summed E-state index contributed by atoms with van der Waals surface area (Å²) in [6, 6.07) is 3.60. The molecule has 1 rings (SSSR count). The fourth-order valence-electron chi connectivity index (χ4n) is 1.27. The van der Waals surface area contributed by atoms with Gasteiger partial charge >= 0.3 is 0 Å². The van der Waals surface area contributed by atoms with E-state index in [0.29, 0.717) is 6.42 Å². The van der Waals surface area contributed by atoms with E-state index >= 15 is 0 Å². The molecule has 1 heterocycles. The van der Waals surface area contributed by atoms with Crippen molar-refractivity contribution < 1.29 is 4.79 Å². The molecule has 2 nitrogen and oxygen atoms in total. The summed E-state index contributed by atoms with van der Waals surface area (Å²) in [7, 11) is 0. The van der Waals surface area contributed by atoms with Crippen LogP contribution >= 0.6 is 0 Å². The number of carbonyl (C=O) groups is 1. The highest BCUT2D eigenvalue weighted by Gasteiger charge is 2.04. The van der Waals surface area contributed by atoms with Crippen molar-refractivity contribution in [3.05, 3.63) is 42.2 Å². The molecule has 0 N–H and O–H groups in total. The molecule has 1 aromatic heterocycles. The number of unbranched alkanes of at least 4 members (excludes halogenated alkanes) is 1. The highest BCUT2D eigenvalue weighted by molar-refractivity contribution is 5.95. The lowest BCUT2D eigenvalue weighted by Crippen LogP contribution is -1.99. The maximum Gasteiger partial charge on any atom is 0.163 e. The van der Waals surface area contributed by atoms with Crippen LogP contribution in [0.4, 0.5) is 0 Å². The topological polar surface area (TPSA) is 30.0 Å². The average molecular weight is 189 g/mol. The lowest BCUT2D eigenvalue weighted by molar-refractivity contribution is 0.0980. The quantitative estimate of drug-likeness (QED) is 0.405. The Kier molecular flexibility index (Phi) is 4.05. The van der Waals surface area contributed by atoms with Gasteiger partial charge in [0.05, 0.1) is 0 Å². The van der Waals surface area contributed by atoms with Gasteiger partial charge in [-0.15, -0.1) is 6.58 Å². The summed E-state index contributed by atoms with van der Waals surface area (Å²) in [6.07, 6.45) is 5.89. The van der Waals surface area contributed by atoms with Gasteiger partial charge in [-0.1, -0.05) is 6.08 Å². The maximum absolute atomic E-state index is 11.6. The minimum atomic E-state index is 0.192. The third kappa shape index (κ3) is 3.13. The van der Waals surface area contributed by atoms with E-state index in [1.54, 1.807) is 12.3 Å². The molecule has 0 saturated carbocycles. The smallest absolute Gasteiger partial charge is 0.163 e. The number of aryl methyl sites for hydroxylation is 1. The molecule has 2 heteroatoms. The first-order valence-corrected chi connectivity index (χ1v) is 4.81. The molecule has 1 aromatic rings. The summed E-state index contributed by atoms with van der Waals surface area (Å²) in [5.41, 5.74) is 1.65. The van der Waals surface area contributed by atoms with Crippen LogP contribution in [-0.4, -0.2) is 10.8 Å². The van der Waals surface area contributed by atoms with Gasteiger partial charge in [0.25, 0.3) is 0 Å². The van der Waals surface area contributed by atoms with Crippen molar-refractivity contribution in [3.63, 3.8) is 0 Å². The molecule has 0 radical (unpaired) electrons. The zero-order valence-electron chi connectivity index (χ0n) is 8.49. The first kappa shape index (κ1) is 10.6. The Labute approximate surface area is 84.7 Å². The molecule has 74 valence electrons. The normalized spacial score (nSPS) is 9.79. The van der Waals surface area contributed by atoms with Crippen LogP contribution in [-0.2, 0) is 0 Å². The van der Waals surface area contributed by atoms with Crippen LogP contribution in [0.2, 0.25) is 0 Å². The highest BCUT2D eigenvalue weighted by Crippen LogP contribution is 2.07. The summed E-state index contributed by atoms with van der Waals surface area (Å²) in [5, 5.41) is 0. The molecule has 0 unspecified atom stereocenters. The van der Waals surface area contributed by atoms with Gasteiger partial charge in [0.15, 0.2) is 5.78 Å². The SMILES string of the molecule is C=CCCCC(=O)c1ccnc(C)c1. The lowest BCUT2D eigenvalue weighted by atomic mass is 10.1. The first-order valence-electron chi connectivity index (χ1n) is 4.81. The van der Waals surface area contributed by atoms with E-state index in [0.717, 1.165) is 24.1 Å². The second kappa shape index (κ2) is 5.32. The van der Waals surface area contributed by atoms with E-state index in [4.69, 9.17) is 0 Å². The van der Waals surface area contributed by atoms with E-state index < -0.39 is 0 Å². The Hall–Kier alpha value is -1.44. The summed E-state index contributed by atoms with van der Waals surface area (Å²) in [4.78, 5) is 15.7. The van der Waals surface area contributed by atoms with Crippen molar-refractivity contribution in [3.8, 4) is 0 Å². The largest absolute Gasteiger partial charge is 0.294 e. The summed E-state index contributed by atoms with van der Waals surface area (Å²) < 4.78 is 0. The van der Waals surface area contributed by atoms with Crippen LogP contribution in [0.3, 0.4) is 0 Å². The summed E-state index contributed by atoms with van der Waals surface area (Å²) in [6.45, 7) is 5.51. The third-order valence-corrected chi connectivity index (χ3v) is 2.03. The van der Waals surface area contributed by atoms with E-state index in [1.807, 2.05) is 19.1 Å². The van der Waals surface area contributed by atoms with Gasteiger partial charge < -0.3 is 0 Å². The Bertz CT molecular complexity index is 331. The number of pyridine rings is 1. The van der Waals surface area contributed by atoms with Crippen molar-refractivity contribution in [2.45, 2.75) is 26.2 Å². The molecule has 14 heavy (non-hydrogen) atoms. The first-order chi connectivity index (χ1) is 6.74. The Morgan fingerprint density at radius 1 is 1.64 bits per heavy atom. The Morgan fingerprint density at radius 3 is 3.07 bits per heavy atom. The van der Waals surface area contributed by atoms with Crippen LogP contribution < -0.4 is 0 Å². The molecule has 0 aliphatic carbocycles. The predicted molar refractivity (Wildman–Crippen MR) is 57.4 cm³/mol. The van der Waals surface area contributed by atoms with Gasteiger partial charge in [-0.2, -0.15) is 0 Å². The number of ketones is 1. The molecule has 0 fully saturated rings. The fourth-order valence-corrected chi connectivity index (χ4v) is 1.27. The number of allylic oxidation sites excluding steroid dienone is 1. The zero-order valence-corrected chi connectivity index (χ0v) is 8.49. The molecule has 0 aliphatic rings. The van der Waals surface area contributed by atoms with Crippen LogP contribution in [0.25, 0.3) is 0 Å². The molecular formula is C12H15NO. The second-order valence-electron chi connectivity index (χ2n) is 3.29. The summed E-state index contributed by atoms with van der Waals surface area (Å²) in [5.74, 6) is 0.192. The fraction of sp³-hybridized carbons (Fsp3) is 0.333. The van der Waals surface area contributed by atoms with Crippen molar-refractivity contribution >= 4 is 5.78 Å². The van der Waals surface area contributed by atoms with E-state index in [-0.39, 0.29) is 5.78 Å². The van der Waals surface area contributed by atoms with Crippen molar-refractivity contribution in [1.82, 2.24) is 4.98 Å². The number of carbonyl (C=O) groups excluding carboxylic acids is 1. The Morgan fingerprint density at radius 2 is 2.43 bits per heavy atom. The van der Waals surface area contributed by atoms with Crippen molar-refractivity contribution in [2.75, 3.05) is 0 Å². The number of hydrogen-bond acceptors (Lipinski definition) is 2. The Balaban J connectivity index is 2.56. The molecule has 0 saturated heterocycles. The average Bonchev–Trinajstić information content (AvgIpc) is 2.18. The standard InChI is InChI=1S/C12H15NO/c1-3-4-5-6-12(14)11-7-8-13-10(2)9-11/h3,7-9H,1,4-6H2,2H3. The van der Waals surface area contributed by atoms with Crippen LogP contribution in [0.15, 0.2) is 31.0 Å². The van der Waals surface area contributed by atoms with Gasteiger partial charge in [-0.05, 0) is 31.9 Å². The highest BCUT2D eigenvalue weighted by atomic mass is 16.1. The molecule has 0 atom stereocenters. The van der Waals surface area contributed by atoms with Gasteiger partial charge in [0.1, 0.15) is 0 Å². The monoisotopic (exact) mass is 189 g/mol. The number of aromatic nitrogens is 1. The minimum Gasteiger partial charge on any atom is -0.294 e. The minimum absolute atomic E-state index is 0.192. The number of Topliss-reactive ketones (excluding diaryl/α,β-unsaturated/α-hetero) is 1. The molecule has 0 bridgehead atoms. The molecular weight excluding hydrogens is 174 g/mol. The van der Waals surface area contributed by atoms with E-state index in [9.17, 15) is 4.79 Å². The zero-order chi connectivity index (χ0) is 10.4. The van der Waals surface area contributed by atoms with E-state index in [2.05, 4.69) is 11.6 Å². The molecule has 0 spiro atoms. The molecule has 0 aliphatic heterocycles. The van der Waals surface area contributed by atoms with Crippen molar-refractivity contribution in [1.29, 1.82) is 0 Å². The van der Waals surface area contributed by atoms with Gasteiger partial charge in [0.2, 0.25) is 0 Å². The molecule has 0 aromatic carbocycles. The number of rotatable bonds is 5. The third-order valence-electron chi connectivity index (χ3n) is 2.03. The lowest BCUT2D eigenvalue weighted by Gasteiger charge is -2.00. The summed E-state index contributed by atoms with van der Waals surface area (Å²) >= 11 is 0. The number of nitrogens with zero attached hydrogens (tertiary/aromatic N) is 1. The van der Waals surface area contributed by atoms with Crippen LogP contribution in [0.1, 0.15) is 35.3 Å². The van der Waals surface area contributed by atoms with Crippen LogP contribution in [0, 0.1) is 6.92 Å².